The van der Waals surface area contributed by atoms with E-state index in [-0.39, 0.29) is 22.6 Å². The van der Waals surface area contributed by atoms with Gasteiger partial charge in [-0.25, -0.2) is 8.42 Å². The SMILES string of the molecule is Cc1cnc(CN(CC(C)C)C(=O)[C@H](CC(C)C)NS(=O)(=O)c2ccc3occc3c2)c(C)c1C. The molecule has 0 saturated carbocycles. The molecule has 1 aromatic carbocycles. The lowest BCUT2D eigenvalue weighted by atomic mass is 10.0. The van der Waals surface area contributed by atoms with E-state index >= 15 is 0 Å². The van der Waals surface area contributed by atoms with Gasteiger partial charge in [-0.05, 0) is 80.0 Å². The first-order chi connectivity index (χ1) is 16.4. The third-order valence-electron chi connectivity index (χ3n) is 6.28. The Balaban J connectivity index is 1.92. The molecule has 0 bridgehead atoms. The number of pyridine rings is 1. The fourth-order valence-corrected chi connectivity index (χ4v) is 5.39. The van der Waals surface area contributed by atoms with Crippen molar-refractivity contribution < 1.29 is 17.6 Å². The van der Waals surface area contributed by atoms with Crippen molar-refractivity contribution in [2.45, 2.75) is 72.4 Å². The van der Waals surface area contributed by atoms with Gasteiger partial charge in [-0.2, -0.15) is 4.72 Å². The summed E-state index contributed by atoms with van der Waals surface area (Å²) in [6, 6.07) is 5.52. The minimum Gasteiger partial charge on any atom is -0.464 e. The maximum absolute atomic E-state index is 13.8. The molecule has 1 atom stereocenters. The number of hydrogen-bond donors (Lipinski definition) is 1. The second-order valence-corrected chi connectivity index (χ2v) is 11.9. The number of fused-ring (bicyclic) bond motifs is 1. The first-order valence-electron chi connectivity index (χ1n) is 12.1. The summed E-state index contributed by atoms with van der Waals surface area (Å²) >= 11 is 0. The third kappa shape index (κ3) is 6.49. The van der Waals surface area contributed by atoms with Gasteiger partial charge in [0, 0.05) is 18.1 Å². The molecular weight excluding hydrogens is 462 g/mol. The van der Waals surface area contributed by atoms with Crippen LogP contribution < -0.4 is 4.72 Å². The molecule has 2 aromatic heterocycles. The van der Waals surface area contributed by atoms with Gasteiger partial charge in [0.2, 0.25) is 15.9 Å². The average molecular weight is 500 g/mol. The Morgan fingerprint density at radius 2 is 1.77 bits per heavy atom. The average Bonchev–Trinajstić information content (AvgIpc) is 3.25. The fraction of sp³-hybridized carbons (Fsp3) is 0.481. The quantitative estimate of drug-likeness (QED) is 0.417. The van der Waals surface area contributed by atoms with E-state index in [2.05, 4.69) is 16.6 Å². The minimum absolute atomic E-state index is 0.107. The van der Waals surface area contributed by atoms with E-state index in [4.69, 9.17) is 4.42 Å². The molecule has 0 unspecified atom stereocenters. The molecule has 190 valence electrons. The number of benzene rings is 1. The number of hydrogen-bond acceptors (Lipinski definition) is 5. The molecule has 35 heavy (non-hydrogen) atoms. The number of aromatic nitrogens is 1. The van der Waals surface area contributed by atoms with E-state index in [1.54, 1.807) is 23.1 Å². The Labute approximate surface area is 209 Å². The molecule has 7 nitrogen and oxygen atoms in total. The zero-order chi connectivity index (χ0) is 25.9. The van der Waals surface area contributed by atoms with Gasteiger partial charge in [-0.15, -0.1) is 0 Å². The maximum Gasteiger partial charge on any atom is 0.241 e. The van der Waals surface area contributed by atoms with Gasteiger partial charge >= 0.3 is 0 Å². The third-order valence-corrected chi connectivity index (χ3v) is 7.74. The van der Waals surface area contributed by atoms with Crippen molar-refractivity contribution in [1.82, 2.24) is 14.6 Å². The molecule has 8 heteroatoms. The summed E-state index contributed by atoms with van der Waals surface area (Å²) in [5.74, 6) is 0.0933. The Bertz CT molecular complexity index is 1290. The second kappa shape index (κ2) is 10.9. The van der Waals surface area contributed by atoms with Crippen molar-refractivity contribution in [3.8, 4) is 0 Å². The van der Waals surface area contributed by atoms with Crippen LogP contribution in [0.5, 0.6) is 0 Å². The highest BCUT2D eigenvalue weighted by molar-refractivity contribution is 7.89. The summed E-state index contributed by atoms with van der Waals surface area (Å²) in [7, 11) is -3.93. The maximum atomic E-state index is 13.8. The van der Waals surface area contributed by atoms with Crippen LogP contribution in [0.15, 0.2) is 46.0 Å². The minimum atomic E-state index is -3.93. The number of sulfonamides is 1. The molecule has 0 aliphatic carbocycles. The summed E-state index contributed by atoms with van der Waals surface area (Å²) in [6.07, 6.45) is 3.74. The van der Waals surface area contributed by atoms with Gasteiger partial charge in [0.05, 0.1) is 23.4 Å². The molecular formula is C27H37N3O4S. The highest BCUT2D eigenvalue weighted by Gasteiger charge is 2.31. The molecule has 0 radical (unpaired) electrons. The van der Waals surface area contributed by atoms with Gasteiger partial charge in [-0.3, -0.25) is 9.78 Å². The number of aryl methyl sites for hydroxylation is 1. The Morgan fingerprint density at radius 1 is 1.06 bits per heavy atom. The van der Waals surface area contributed by atoms with E-state index in [9.17, 15) is 13.2 Å². The van der Waals surface area contributed by atoms with E-state index in [0.717, 1.165) is 22.4 Å². The highest BCUT2D eigenvalue weighted by atomic mass is 32.2. The number of nitrogens with zero attached hydrogens (tertiary/aromatic N) is 2. The Morgan fingerprint density at radius 3 is 2.43 bits per heavy atom. The van der Waals surface area contributed by atoms with E-state index in [1.807, 2.05) is 47.7 Å². The first kappa shape index (κ1) is 26.9. The number of carbonyl (C=O) groups excluding carboxylic acids is 1. The van der Waals surface area contributed by atoms with Crippen LogP contribution in [0.2, 0.25) is 0 Å². The molecule has 0 fully saturated rings. The van der Waals surface area contributed by atoms with Crippen molar-refractivity contribution in [1.29, 1.82) is 0 Å². The van der Waals surface area contributed by atoms with Crippen LogP contribution in [0.1, 0.15) is 56.5 Å². The van der Waals surface area contributed by atoms with Gasteiger partial charge < -0.3 is 9.32 Å². The first-order valence-corrected chi connectivity index (χ1v) is 13.6. The van der Waals surface area contributed by atoms with Crippen LogP contribution in [-0.4, -0.2) is 36.8 Å². The van der Waals surface area contributed by atoms with Gasteiger partial charge in [0.1, 0.15) is 11.6 Å². The number of amides is 1. The topological polar surface area (TPSA) is 92.5 Å². The van der Waals surface area contributed by atoms with Crippen molar-refractivity contribution in [3.63, 3.8) is 0 Å². The zero-order valence-corrected chi connectivity index (χ0v) is 22.6. The lowest BCUT2D eigenvalue weighted by molar-refractivity contribution is -0.134. The molecule has 0 spiro atoms. The van der Waals surface area contributed by atoms with Crippen molar-refractivity contribution in [2.75, 3.05) is 6.54 Å². The van der Waals surface area contributed by atoms with E-state index in [1.165, 1.54) is 12.3 Å². The lowest BCUT2D eigenvalue weighted by Gasteiger charge is -2.30. The molecule has 1 amide bonds. The van der Waals surface area contributed by atoms with Crippen LogP contribution in [0.4, 0.5) is 0 Å². The van der Waals surface area contributed by atoms with Crippen molar-refractivity contribution in [2.24, 2.45) is 11.8 Å². The Kier molecular flexibility index (Phi) is 8.38. The van der Waals surface area contributed by atoms with E-state index < -0.39 is 16.1 Å². The molecule has 0 saturated heterocycles. The summed E-state index contributed by atoms with van der Waals surface area (Å²) in [5, 5.41) is 0.692. The fourth-order valence-electron chi connectivity index (χ4n) is 4.15. The Hall–Kier alpha value is -2.71. The smallest absolute Gasteiger partial charge is 0.241 e. The summed E-state index contributed by atoms with van der Waals surface area (Å²) in [4.78, 5) is 20.3. The largest absolute Gasteiger partial charge is 0.464 e. The monoisotopic (exact) mass is 499 g/mol. The van der Waals surface area contributed by atoms with Crippen LogP contribution in [0.25, 0.3) is 11.0 Å². The van der Waals surface area contributed by atoms with Gasteiger partial charge in [-0.1, -0.05) is 27.7 Å². The molecule has 0 aliphatic rings. The van der Waals surface area contributed by atoms with Gasteiger partial charge in [0.25, 0.3) is 0 Å². The molecule has 2 heterocycles. The number of nitrogens with one attached hydrogen (secondary N) is 1. The number of carbonyl (C=O) groups is 1. The predicted molar refractivity (Wildman–Crippen MR) is 138 cm³/mol. The number of rotatable bonds is 10. The van der Waals surface area contributed by atoms with Crippen molar-refractivity contribution >= 4 is 26.9 Å². The van der Waals surface area contributed by atoms with Crippen LogP contribution in [0.3, 0.4) is 0 Å². The normalized spacial score (nSPS) is 13.1. The van der Waals surface area contributed by atoms with Crippen LogP contribution >= 0.6 is 0 Å². The number of furan rings is 1. The predicted octanol–water partition coefficient (Wildman–Crippen LogP) is 5.13. The molecule has 3 aromatic rings. The molecule has 0 aliphatic heterocycles. The highest BCUT2D eigenvalue weighted by Crippen LogP contribution is 2.22. The van der Waals surface area contributed by atoms with Crippen LogP contribution in [0, 0.1) is 32.6 Å². The van der Waals surface area contributed by atoms with Gasteiger partial charge in [0.15, 0.2) is 0 Å². The lowest BCUT2D eigenvalue weighted by Crippen LogP contribution is -2.49. The zero-order valence-electron chi connectivity index (χ0n) is 21.8. The standard InChI is InChI=1S/C27H37N3O4S/c1-17(2)12-24(29-35(32,33)23-8-9-26-22(13-23)10-11-34-26)27(31)30(15-18(3)4)16-25-21(7)20(6)19(5)14-28-25/h8-11,13-14,17-18,24,29H,12,15-16H2,1-7H3/t24-/m0/s1. The van der Waals surface area contributed by atoms with E-state index in [0.29, 0.717) is 30.5 Å². The molecule has 1 N–H and O–H groups in total. The summed E-state index contributed by atoms with van der Waals surface area (Å²) in [6.45, 7) is 15.0. The summed E-state index contributed by atoms with van der Waals surface area (Å²) in [5.41, 5.74) is 4.76. The summed E-state index contributed by atoms with van der Waals surface area (Å²) < 4.78 is 34.6. The second-order valence-electron chi connectivity index (χ2n) is 10.2. The van der Waals surface area contributed by atoms with Crippen molar-refractivity contribution in [3.05, 3.63) is 59.1 Å². The van der Waals surface area contributed by atoms with Crippen LogP contribution in [-0.2, 0) is 21.4 Å². The molecule has 3 rings (SSSR count).